The molecule has 110 valence electrons. The summed E-state index contributed by atoms with van der Waals surface area (Å²) in [5, 5.41) is 8.94. The normalized spacial score (nSPS) is 21.4. The summed E-state index contributed by atoms with van der Waals surface area (Å²) >= 11 is 0. The molecular weight excluding hydrogens is 284 g/mol. The second kappa shape index (κ2) is 5.66. The summed E-state index contributed by atoms with van der Waals surface area (Å²) < 4.78 is 28.4. The first-order valence-electron chi connectivity index (χ1n) is 6.10. The molecule has 7 nitrogen and oxygen atoms in total. The monoisotopic (exact) mass is 300 g/mol. The van der Waals surface area contributed by atoms with Gasteiger partial charge in [-0.05, 0) is 6.07 Å². The van der Waals surface area contributed by atoms with Gasteiger partial charge in [0, 0.05) is 24.5 Å². The number of nitrogens with zero attached hydrogens (tertiary/aromatic N) is 2. The van der Waals surface area contributed by atoms with Gasteiger partial charge in [0.25, 0.3) is 0 Å². The number of hydrogen-bond donors (Lipinski definition) is 1. The summed E-state index contributed by atoms with van der Waals surface area (Å²) in [6.45, 7) is 0.271. The number of carboxylic acid groups (broad SMARTS) is 1. The first-order chi connectivity index (χ1) is 9.41. The fourth-order valence-corrected chi connectivity index (χ4v) is 3.81. The number of ether oxygens (including phenoxy) is 1. The Labute approximate surface area is 117 Å². The maximum Gasteiger partial charge on any atom is 0.305 e. The Kier molecular flexibility index (Phi) is 4.12. The topological polar surface area (TPSA) is 96.8 Å². The third-order valence-electron chi connectivity index (χ3n) is 3.20. The highest BCUT2D eigenvalue weighted by atomic mass is 32.2. The van der Waals surface area contributed by atoms with Crippen molar-refractivity contribution in [3.8, 4) is 5.88 Å². The molecule has 0 aromatic carbocycles. The predicted octanol–water partition coefficient (Wildman–Crippen LogP) is 0.168. The molecule has 2 heterocycles. The van der Waals surface area contributed by atoms with Crippen molar-refractivity contribution in [3.05, 3.63) is 18.3 Å². The van der Waals surface area contributed by atoms with Crippen molar-refractivity contribution in [1.82, 2.24) is 4.98 Å². The van der Waals surface area contributed by atoms with Gasteiger partial charge in [-0.2, -0.15) is 0 Å². The molecule has 0 bridgehead atoms. The Morgan fingerprint density at radius 1 is 1.60 bits per heavy atom. The standard InChI is InChI=1S/C12H16N2O5S/c1-19-11-6-9(2-3-13-11)14-4-5-20(17,18)8-10(14)7-12(15)16/h2-3,6,10H,4-5,7-8H2,1H3,(H,15,16). The highest BCUT2D eigenvalue weighted by molar-refractivity contribution is 7.91. The summed E-state index contributed by atoms with van der Waals surface area (Å²) in [6.07, 6.45) is 1.33. The molecule has 0 amide bonds. The van der Waals surface area contributed by atoms with Gasteiger partial charge < -0.3 is 14.7 Å². The molecule has 0 aliphatic carbocycles. The number of methoxy groups -OCH3 is 1. The van der Waals surface area contributed by atoms with Crippen LogP contribution in [0.15, 0.2) is 18.3 Å². The van der Waals surface area contributed by atoms with E-state index in [1.807, 2.05) is 0 Å². The molecule has 1 aliphatic rings. The van der Waals surface area contributed by atoms with Gasteiger partial charge in [0.15, 0.2) is 9.84 Å². The van der Waals surface area contributed by atoms with Crippen LogP contribution >= 0.6 is 0 Å². The zero-order valence-electron chi connectivity index (χ0n) is 11.0. The number of pyridine rings is 1. The minimum Gasteiger partial charge on any atom is -0.481 e. The molecule has 1 N–H and O–H groups in total. The summed E-state index contributed by atoms with van der Waals surface area (Å²) in [6, 6.07) is 2.82. The largest absolute Gasteiger partial charge is 0.481 e. The van der Waals surface area contributed by atoms with E-state index in [2.05, 4.69) is 4.98 Å². The highest BCUT2D eigenvalue weighted by Crippen LogP contribution is 2.25. The third-order valence-corrected chi connectivity index (χ3v) is 4.90. The lowest BCUT2D eigenvalue weighted by Crippen LogP contribution is -2.49. The van der Waals surface area contributed by atoms with Gasteiger partial charge in [-0.25, -0.2) is 13.4 Å². The van der Waals surface area contributed by atoms with Gasteiger partial charge in [-0.15, -0.1) is 0 Å². The molecule has 20 heavy (non-hydrogen) atoms. The zero-order valence-corrected chi connectivity index (χ0v) is 11.8. The van der Waals surface area contributed by atoms with Gasteiger partial charge in [-0.1, -0.05) is 0 Å². The lowest BCUT2D eigenvalue weighted by Gasteiger charge is -2.36. The molecule has 1 unspecified atom stereocenters. The molecule has 0 spiro atoms. The Bertz CT molecular complexity index is 602. The van der Waals surface area contributed by atoms with Crippen LogP contribution in [0, 0.1) is 0 Å². The highest BCUT2D eigenvalue weighted by Gasteiger charge is 2.32. The minimum absolute atomic E-state index is 0.0216. The average molecular weight is 300 g/mol. The number of aliphatic carboxylic acids is 1. The fourth-order valence-electron chi connectivity index (χ4n) is 2.29. The maximum atomic E-state index is 11.7. The molecular formula is C12H16N2O5S. The van der Waals surface area contributed by atoms with Crippen molar-refractivity contribution in [2.24, 2.45) is 0 Å². The van der Waals surface area contributed by atoms with E-state index in [-0.39, 0.29) is 24.5 Å². The van der Waals surface area contributed by atoms with Gasteiger partial charge in [0.1, 0.15) is 0 Å². The molecule has 1 fully saturated rings. The van der Waals surface area contributed by atoms with Crippen LogP contribution in [-0.2, 0) is 14.6 Å². The summed E-state index contributed by atoms with van der Waals surface area (Å²) in [5.74, 6) is -0.736. The first-order valence-corrected chi connectivity index (χ1v) is 7.92. The number of carboxylic acids is 1. The van der Waals surface area contributed by atoms with E-state index in [1.54, 1.807) is 23.2 Å². The van der Waals surface area contributed by atoms with Crippen LogP contribution in [0.3, 0.4) is 0 Å². The lowest BCUT2D eigenvalue weighted by atomic mass is 10.1. The van der Waals surface area contributed by atoms with E-state index in [4.69, 9.17) is 9.84 Å². The van der Waals surface area contributed by atoms with Gasteiger partial charge in [0.2, 0.25) is 5.88 Å². The molecule has 2 rings (SSSR count). The van der Waals surface area contributed by atoms with E-state index in [9.17, 15) is 13.2 Å². The summed E-state index contributed by atoms with van der Waals surface area (Å²) in [5.41, 5.74) is 0.720. The lowest BCUT2D eigenvalue weighted by molar-refractivity contribution is -0.137. The third kappa shape index (κ3) is 3.38. The number of rotatable bonds is 4. The number of hydrogen-bond acceptors (Lipinski definition) is 6. The van der Waals surface area contributed by atoms with Crippen molar-refractivity contribution < 1.29 is 23.1 Å². The van der Waals surface area contributed by atoms with Crippen molar-refractivity contribution in [2.45, 2.75) is 12.5 Å². The molecule has 1 atom stereocenters. The minimum atomic E-state index is -3.19. The van der Waals surface area contributed by atoms with Crippen LogP contribution in [-0.4, -0.2) is 55.7 Å². The van der Waals surface area contributed by atoms with E-state index in [0.29, 0.717) is 5.88 Å². The smallest absolute Gasteiger partial charge is 0.305 e. The molecule has 1 aromatic rings. The second-order valence-corrected chi connectivity index (χ2v) is 6.84. The van der Waals surface area contributed by atoms with E-state index >= 15 is 0 Å². The molecule has 8 heteroatoms. The van der Waals surface area contributed by atoms with E-state index < -0.39 is 21.8 Å². The molecule has 1 aromatic heterocycles. The van der Waals surface area contributed by atoms with E-state index in [0.717, 1.165) is 5.69 Å². The first kappa shape index (κ1) is 14.6. The Morgan fingerprint density at radius 3 is 3.00 bits per heavy atom. The molecule has 1 aliphatic heterocycles. The van der Waals surface area contributed by atoms with Crippen LogP contribution in [0.25, 0.3) is 0 Å². The van der Waals surface area contributed by atoms with Crippen LogP contribution in [0.2, 0.25) is 0 Å². The molecule has 0 saturated carbocycles. The van der Waals surface area contributed by atoms with Crippen molar-refractivity contribution >= 4 is 21.5 Å². The van der Waals surface area contributed by atoms with Crippen LogP contribution in [0.5, 0.6) is 5.88 Å². The maximum absolute atomic E-state index is 11.7. The fraction of sp³-hybridized carbons (Fsp3) is 0.500. The van der Waals surface area contributed by atoms with Crippen LogP contribution in [0.1, 0.15) is 6.42 Å². The van der Waals surface area contributed by atoms with Crippen molar-refractivity contribution in [2.75, 3.05) is 30.1 Å². The predicted molar refractivity (Wildman–Crippen MR) is 72.8 cm³/mol. The SMILES string of the molecule is COc1cc(N2CCS(=O)(=O)CC2CC(=O)O)ccn1. The summed E-state index contributed by atoms with van der Waals surface area (Å²) in [7, 11) is -1.70. The summed E-state index contributed by atoms with van der Waals surface area (Å²) in [4.78, 5) is 16.7. The van der Waals surface area contributed by atoms with Crippen LogP contribution in [0.4, 0.5) is 5.69 Å². The Morgan fingerprint density at radius 2 is 2.35 bits per heavy atom. The second-order valence-electron chi connectivity index (χ2n) is 4.62. The van der Waals surface area contributed by atoms with Crippen molar-refractivity contribution in [1.29, 1.82) is 0 Å². The Balaban J connectivity index is 2.29. The number of sulfone groups is 1. The quantitative estimate of drug-likeness (QED) is 0.846. The number of anilines is 1. The number of carbonyl (C=O) groups is 1. The van der Waals surface area contributed by atoms with E-state index in [1.165, 1.54) is 7.11 Å². The zero-order chi connectivity index (χ0) is 14.8. The van der Waals surface area contributed by atoms with Crippen LogP contribution < -0.4 is 9.64 Å². The molecule has 1 saturated heterocycles. The van der Waals surface area contributed by atoms with Gasteiger partial charge in [0.05, 0.1) is 31.1 Å². The van der Waals surface area contributed by atoms with Gasteiger partial charge >= 0.3 is 5.97 Å². The van der Waals surface area contributed by atoms with Crippen molar-refractivity contribution in [3.63, 3.8) is 0 Å². The molecule has 0 radical (unpaired) electrons. The Hall–Kier alpha value is -1.83. The van der Waals surface area contributed by atoms with Gasteiger partial charge in [-0.3, -0.25) is 4.79 Å². The number of aromatic nitrogens is 1. The average Bonchev–Trinajstić information content (AvgIpc) is 2.37.